The highest BCUT2D eigenvalue weighted by atomic mass is 19.4. The van der Waals surface area contributed by atoms with Gasteiger partial charge in [0.2, 0.25) is 0 Å². The van der Waals surface area contributed by atoms with Gasteiger partial charge < -0.3 is 20.0 Å². The number of aromatic nitrogens is 2. The summed E-state index contributed by atoms with van der Waals surface area (Å²) < 4.78 is 39.2. The fourth-order valence-electron chi connectivity index (χ4n) is 2.90. The number of hydrogen-bond acceptors (Lipinski definition) is 5. The van der Waals surface area contributed by atoms with Gasteiger partial charge >= 0.3 is 12.2 Å². The van der Waals surface area contributed by atoms with Crippen LogP contribution in [0.2, 0.25) is 0 Å². The molecular formula is C18H21F3N6O. The molecule has 1 N–H and O–H groups in total. The molecule has 1 aromatic carbocycles. The Balaban J connectivity index is 1.60. The van der Waals surface area contributed by atoms with Gasteiger partial charge in [0.05, 0.1) is 11.3 Å². The van der Waals surface area contributed by atoms with Gasteiger partial charge in [0.15, 0.2) is 11.6 Å². The minimum atomic E-state index is -4.53. The summed E-state index contributed by atoms with van der Waals surface area (Å²) in [5.74, 6) is 1.44. The van der Waals surface area contributed by atoms with Crippen LogP contribution in [0.4, 0.5) is 35.3 Å². The molecule has 0 bridgehead atoms. The Morgan fingerprint density at radius 2 is 1.71 bits per heavy atom. The van der Waals surface area contributed by atoms with E-state index >= 15 is 0 Å². The van der Waals surface area contributed by atoms with Crippen LogP contribution in [0, 0.1) is 0 Å². The first-order valence-electron chi connectivity index (χ1n) is 8.74. The van der Waals surface area contributed by atoms with Gasteiger partial charge in [-0.15, -0.1) is 10.2 Å². The predicted octanol–water partition coefficient (Wildman–Crippen LogP) is 2.92. The van der Waals surface area contributed by atoms with E-state index < -0.39 is 17.8 Å². The van der Waals surface area contributed by atoms with Crippen LogP contribution in [0.15, 0.2) is 36.4 Å². The molecule has 0 spiro atoms. The summed E-state index contributed by atoms with van der Waals surface area (Å²) in [7, 11) is 3.75. The first-order chi connectivity index (χ1) is 13.3. The number of anilines is 3. The predicted molar refractivity (Wildman–Crippen MR) is 101 cm³/mol. The molecule has 0 saturated carbocycles. The molecule has 0 atom stereocenters. The molecule has 2 amide bonds. The summed E-state index contributed by atoms with van der Waals surface area (Å²) in [6, 6.07) is 8.11. The van der Waals surface area contributed by atoms with Crippen molar-refractivity contribution in [3.8, 4) is 0 Å². The van der Waals surface area contributed by atoms with Crippen LogP contribution in [-0.4, -0.2) is 61.4 Å². The normalized spacial score (nSPS) is 14.8. The SMILES string of the molecule is CN(C)c1ccc(N2CCN(C(=O)Nc3ccccc3C(F)(F)F)CC2)nn1. The molecule has 28 heavy (non-hydrogen) atoms. The van der Waals surface area contributed by atoms with Crippen LogP contribution in [0.25, 0.3) is 0 Å². The Kier molecular flexibility index (Phi) is 5.57. The van der Waals surface area contributed by atoms with Gasteiger partial charge in [-0.1, -0.05) is 12.1 Å². The zero-order chi connectivity index (χ0) is 20.3. The summed E-state index contributed by atoms with van der Waals surface area (Å²) in [5.41, 5.74) is -1.11. The maximum absolute atomic E-state index is 13.1. The van der Waals surface area contributed by atoms with Gasteiger partial charge in [0.1, 0.15) is 0 Å². The van der Waals surface area contributed by atoms with Crippen molar-refractivity contribution in [2.24, 2.45) is 0 Å². The number of carbonyl (C=O) groups is 1. The van der Waals surface area contributed by atoms with E-state index in [-0.39, 0.29) is 5.69 Å². The number of piperazine rings is 1. The lowest BCUT2D eigenvalue weighted by Crippen LogP contribution is -2.50. The van der Waals surface area contributed by atoms with E-state index in [1.54, 1.807) is 0 Å². The van der Waals surface area contributed by atoms with Crippen LogP contribution < -0.4 is 15.1 Å². The summed E-state index contributed by atoms with van der Waals surface area (Å²) >= 11 is 0. The number of halogens is 3. The third kappa shape index (κ3) is 4.44. The maximum Gasteiger partial charge on any atom is 0.418 e. The van der Waals surface area contributed by atoms with E-state index in [1.165, 1.54) is 23.1 Å². The van der Waals surface area contributed by atoms with Crippen molar-refractivity contribution < 1.29 is 18.0 Å². The zero-order valence-electron chi connectivity index (χ0n) is 15.6. The minimum Gasteiger partial charge on any atom is -0.361 e. The number of amides is 2. The van der Waals surface area contributed by atoms with E-state index in [4.69, 9.17) is 0 Å². The van der Waals surface area contributed by atoms with Gasteiger partial charge in [-0.25, -0.2) is 4.79 Å². The topological polar surface area (TPSA) is 64.6 Å². The molecule has 1 fully saturated rings. The number of carbonyl (C=O) groups excluding carboxylic acids is 1. The monoisotopic (exact) mass is 394 g/mol. The van der Waals surface area contributed by atoms with Crippen molar-refractivity contribution in [3.05, 3.63) is 42.0 Å². The van der Waals surface area contributed by atoms with Crippen molar-refractivity contribution in [2.45, 2.75) is 6.18 Å². The quantitative estimate of drug-likeness (QED) is 0.867. The van der Waals surface area contributed by atoms with Crippen molar-refractivity contribution in [1.82, 2.24) is 15.1 Å². The van der Waals surface area contributed by atoms with Gasteiger partial charge in [0.25, 0.3) is 0 Å². The second-order valence-electron chi connectivity index (χ2n) is 6.59. The van der Waals surface area contributed by atoms with Gasteiger partial charge in [-0.2, -0.15) is 13.2 Å². The highest BCUT2D eigenvalue weighted by Gasteiger charge is 2.34. The highest BCUT2D eigenvalue weighted by Crippen LogP contribution is 2.34. The van der Waals surface area contributed by atoms with Crippen molar-refractivity contribution in [3.63, 3.8) is 0 Å². The molecule has 1 aromatic heterocycles. The molecule has 150 valence electrons. The second-order valence-corrected chi connectivity index (χ2v) is 6.59. The van der Waals surface area contributed by atoms with Gasteiger partial charge in [0, 0.05) is 40.3 Å². The lowest BCUT2D eigenvalue weighted by molar-refractivity contribution is -0.136. The van der Waals surface area contributed by atoms with Gasteiger partial charge in [-0.05, 0) is 24.3 Å². The molecule has 2 aromatic rings. The van der Waals surface area contributed by atoms with Crippen LogP contribution in [-0.2, 0) is 6.18 Å². The summed E-state index contributed by atoms with van der Waals surface area (Å²) in [6.45, 7) is 1.78. The maximum atomic E-state index is 13.1. The van der Waals surface area contributed by atoms with Crippen molar-refractivity contribution >= 4 is 23.4 Å². The van der Waals surface area contributed by atoms with Crippen LogP contribution in [0.5, 0.6) is 0 Å². The van der Waals surface area contributed by atoms with Crippen LogP contribution in [0.3, 0.4) is 0 Å². The molecular weight excluding hydrogens is 373 g/mol. The molecule has 1 saturated heterocycles. The largest absolute Gasteiger partial charge is 0.418 e. The van der Waals surface area contributed by atoms with E-state index in [2.05, 4.69) is 15.5 Å². The number of benzene rings is 1. The van der Waals surface area contributed by atoms with Crippen molar-refractivity contribution in [2.75, 3.05) is 55.4 Å². The first-order valence-corrected chi connectivity index (χ1v) is 8.74. The molecule has 1 aliphatic heterocycles. The van der Waals surface area contributed by atoms with Crippen molar-refractivity contribution in [1.29, 1.82) is 0 Å². The number of para-hydroxylation sites is 1. The summed E-state index contributed by atoms with van der Waals surface area (Å²) in [5, 5.41) is 10.7. The fourth-order valence-corrected chi connectivity index (χ4v) is 2.90. The summed E-state index contributed by atoms with van der Waals surface area (Å²) in [4.78, 5) is 17.7. The third-order valence-electron chi connectivity index (χ3n) is 4.46. The zero-order valence-corrected chi connectivity index (χ0v) is 15.6. The van der Waals surface area contributed by atoms with Crippen LogP contribution in [0.1, 0.15) is 5.56 Å². The highest BCUT2D eigenvalue weighted by molar-refractivity contribution is 5.90. The number of nitrogens with one attached hydrogen (secondary N) is 1. The molecule has 10 heteroatoms. The van der Waals surface area contributed by atoms with Gasteiger partial charge in [-0.3, -0.25) is 0 Å². The van der Waals surface area contributed by atoms with E-state index in [0.717, 1.165) is 11.9 Å². The number of alkyl halides is 3. The Morgan fingerprint density at radius 1 is 1.04 bits per heavy atom. The fraction of sp³-hybridized carbons (Fsp3) is 0.389. The molecule has 0 aliphatic carbocycles. The standard InChI is InChI=1S/C18H21F3N6O/c1-25(2)15-7-8-16(24-23-15)26-9-11-27(12-10-26)17(28)22-14-6-4-3-5-13(14)18(19,20)21/h3-8H,9-12H2,1-2H3,(H,22,28). The average molecular weight is 394 g/mol. The number of rotatable bonds is 3. The van der Waals surface area contributed by atoms with E-state index in [1.807, 2.05) is 36.0 Å². The minimum absolute atomic E-state index is 0.243. The number of hydrogen-bond donors (Lipinski definition) is 1. The third-order valence-corrected chi connectivity index (χ3v) is 4.46. The molecule has 7 nitrogen and oxygen atoms in total. The Bertz CT molecular complexity index is 817. The molecule has 3 rings (SSSR count). The first kappa shape index (κ1) is 19.7. The number of nitrogens with zero attached hydrogens (tertiary/aromatic N) is 5. The lowest BCUT2D eigenvalue weighted by Gasteiger charge is -2.35. The Labute approximate surface area is 160 Å². The average Bonchev–Trinajstić information content (AvgIpc) is 2.68. The second kappa shape index (κ2) is 7.91. The smallest absolute Gasteiger partial charge is 0.361 e. The molecule has 1 aliphatic rings. The number of urea groups is 1. The van der Waals surface area contributed by atoms with E-state index in [9.17, 15) is 18.0 Å². The van der Waals surface area contributed by atoms with Crippen LogP contribution >= 0.6 is 0 Å². The summed E-state index contributed by atoms with van der Waals surface area (Å²) in [6.07, 6.45) is -4.53. The molecule has 0 unspecified atom stereocenters. The lowest BCUT2D eigenvalue weighted by atomic mass is 10.1. The Hall–Kier alpha value is -3.04. The Morgan fingerprint density at radius 3 is 2.29 bits per heavy atom. The van der Waals surface area contributed by atoms with E-state index in [0.29, 0.717) is 32.0 Å². The molecule has 2 heterocycles. The molecule has 0 radical (unpaired) electrons.